The molecule has 0 spiro atoms. The molecule has 65 heavy (non-hydrogen) atoms. The quantitative estimate of drug-likeness (QED) is 0.167. The zero-order valence-electron chi connectivity index (χ0n) is 37.8. The maximum absolute atomic E-state index is 2.57. The normalized spacial score (nSPS) is 15.3. The zero-order valence-corrected chi connectivity index (χ0v) is 38.6. The molecule has 1 aromatic heterocycles. The Hall–Kier alpha value is -7.00. The van der Waals surface area contributed by atoms with Gasteiger partial charge >= 0.3 is 0 Å². The Morgan fingerprint density at radius 2 is 0.877 bits per heavy atom. The van der Waals surface area contributed by atoms with Gasteiger partial charge in [0.05, 0.1) is 5.69 Å². The van der Waals surface area contributed by atoms with Gasteiger partial charge in [-0.05, 0) is 144 Å². The van der Waals surface area contributed by atoms with Gasteiger partial charge in [-0.1, -0.05) is 169 Å². The van der Waals surface area contributed by atoms with Gasteiger partial charge in [0.2, 0.25) is 0 Å². The Kier molecular flexibility index (Phi) is 8.00. The fourth-order valence-electron chi connectivity index (χ4n) is 12.1. The zero-order chi connectivity index (χ0) is 44.0. The van der Waals surface area contributed by atoms with Gasteiger partial charge in [-0.2, -0.15) is 0 Å². The van der Waals surface area contributed by atoms with E-state index in [1.807, 2.05) is 11.3 Å². The molecule has 0 fully saturated rings. The van der Waals surface area contributed by atoms with Crippen LogP contribution in [0.2, 0.25) is 0 Å². The summed E-state index contributed by atoms with van der Waals surface area (Å²) in [5.41, 5.74) is 24.4. The molecule has 0 saturated heterocycles. The summed E-state index contributed by atoms with van der Waals surface area (Å²) < 4.78 is 2.66. The van der Waals surface area contributed by atoms with Gasteiger partial charge in [-0.15, -0.1) is 11.3 Å². The largest absolute Gasteiger partial charge is 0.310 e. The molecule has 0 amide bonds. The Morgan fingerprint density at radius 1 is 0.323 bits per heavy atom. The maximum Gasteiger partial charge on any atom is 0.0543 e. The standard InChI is InChI=1S/C63H49NS/c1-61(2)50-21-12-10-18-44(50)45-32-31-42(35-53(45)61)64(41-29-26-38(27-30-41)40-28-33-58-47(34-40)46-19-11-13-25-57(46)65-58)56-24-15-23-52-60(56)49-37-54-48(36-55(49)63(52,5)6)59-43(39-16-8-7-9-17-39)20-14-22-51(59)62(54,3)4/h7-37H,1-6H3. The Morgan fingerprint density at radius 3 is 1.66 bits per heavy atom. The molecule has 0 N–H and O–H groups in total. The van der Waals surface area contributed by atoms with Crippen molar-refractivity contribution in [3.8, 4) is 55.6 Å². The molecule has 1 nitrogen and oxygen atoms in total. The average Bonchev–Trinajstić information content (AvgIpc) is 3.97. The molecule has 0 radical (unpaired) electrons. The van der Waals surface area contributed by atoms with Crippen LogP contribution in [-0.2, 0) is 16.2 Å². The first-order valence-electron chi connectivity index (χ1n) is 23.1. The number of anilines is 3. The monoisotopic (exact) mass is 851 g/mol. The van der Waals surface area contributed by atoms with E-state index in [9.17, 15) is 0 Å². The molecule has 312 valence electrons. The number of benzene rings is 9. The van der Waals surface area contributed by atoms with Gasteiger partial charge in [0.25, 0.3) is 0 Å². The first kappa shape index (κ1) is 38.5. The van der Waals surface area contributed by atoms with Crippen molar-refractivity contribution < 1.29 is 0 Å². The van der Waals surface area contributed by atoms with Crippen molar-refractivity contribution in [2.24, 2.45) is 0 Å². The predicted octanol–water partition coefficient (Wildman–Crippen LogP) is 17.8. The minimum Gasteiger partial charge on any atom is -0.310 e. The third-order valence-electron chi connectivity index (χ3n) is 15.5. The summed E-state index contributed by atoms with van der Waals surface area (Å²) in [5, 5.41) is 2.65. The SMILES string of the molecule is CC1(C)c2ccccc2-c2ccc(N(c3ccc(-c4ccc5sc6ccccc6c5c4)cc3)c3cccc4c3-c3cc5c(cc3C4(C)C)-c3c(-c4ccccc4)cccc3C5(C)C)cc21. The number of nitrogens with zero attached hydrogens (tertiary/aromatic N) is 1. The number of rotatable bonds is 5. The van der Waals surface area contributed by atoms with E-state index in [0.29, 0.717) is 0 Å². The predicted molar refractivity (Wildman–Crippen MR) is 278 cm³/mol. The Balaban J connectivity index is 1.01. The summed E-state index contributed by atoms with van der Waals surface area (Å²) in [6.45, 7) is 14.5. The molecular formula is C63H49NS. The molecular weight excluding hydrogens is 803 g/mol. The maximum atomic E-state index is 2.57. The summed E-state index contributed by atoms with van der Waals surface area (Å²) in [4.78, 5) is 2.54. The molecule has 0 aliphatic heterocycles. The third kappa shape index (κ3) is 5.38. The van der Waals surface area contributed by atoms with Crippen molar-refractivity contribution in [3.63, 3.8) is 0 Å². The van der Waals surface area contributed by atoms with E-state index in [0.717, 1.165) is 5.69 Å². The topological polar surface area (TPSA) is 3.24 Å². The van der Waals surface area contributed by atoms with Gasteiger partial charge < -0.3 is 4.90 Å². The highest BCUT2D eigenvalue weighted by Gasteiger charge is 2.44. The van der Waals surface area contributed by atoms with Gasteiger partial charge in [-0.3, -0.25) is 0 Å². The van der Waals surface area contributed by atoms with E-state index in [4.69, 9.17) is 0 Å². The molecule has 9 aromatic carbocycles. The lowest BCUT2D eigenvalue weighted by Gasteiger charge is -2.30. The van der Waals surface area contributed by atoms with E-state index in [1.165, 1.54) is 121 Å². The second kappa shape index (κ2) is 13.5. The lowest BCUT2D eigenvalue weighted by molar-refractivity contribution is 0.652. The highest BCUT2D eigenvalue weighted by molar-refractivity contribution is 7.25. The minimum absolute atomic E-state index is 0.130. The van der Waals surface area contributed by atoms with Crippen molar-refractivity contribution >= 4 is 48.6 Å². The molecule has 3 aliphatic rings. The Bertz CT molecular complexity index is 3620. The van der Waals surface area contributed by atoms with Crippen LogP contribution in [0.25, 0.3) is 75.8 Å². The second-order valence-corrected chi connectivity index (χ2v) is 21.2. The minimum atomic E-state index is -0.216. The van der Waals surface area contributed by atoms with Crippen LogP contribution in [0, 0.1) is 0 Å². The lowest BCUT2D eigenvalue weighted by atomic mass is 9.79. The van der Waals surface area contributed by atoms with E-state index >= 15 is 0 Å². The lowest BCUT2D eigenvalue weighted by Crippen LogP contribution is -2.17. The van der Waals surface area contributed by atoms with Gasteiger partial charge in [0.15, 0.2) is 0 Å². The molecule has 1 heterocycles. The molecule has 0 bridgehead atoms. The van der Waals surface area contributed by atoms with Crippen molar-refractivity contribution in [1.82, 2.24) is 0 Å². The molecule has 10 aromatic rings. The summed E-state index contributed by atoms with van der Waals surface area (Å²) >= 11 is 1.87. The van der Waals surface area contributed by atoms with Gasteiger partial charge in [0.1, 0.15) is 0 Å². The van der Waals surface area contributed by atoms with Crippen LogP contribution in [0.1, 0.15) is 74.9 Å². The molecule has 3 aliphatic carbocycles. The van der Waals surface area contributed by atoms with Crippen molar-refractivity contribution in [1.29, 1.82) is 0 Å². The first-order valence-corrected chi connectivity index (χ1v) is 23.9. The van der Waals surface area contributed by atoms with E-state index in [1.54, 1.807) is 0 Å². The summed E-state index contributed by atoms with van der Waals surface area (Å²) in [6, 6.07) is 71.3. The average molecular weight is 852 g/mol. The van der Waals surface area contributed by atoms with E-state index in [2.05, 4.69) is 234 Å². The number of hydrogen-bond donors (Lipinski definition) is 0. The van der Waals surface area contributed by atoms with Crippen molar-refractivity contribution in [2.75, 3.05) is 4.90 Å². The third-order valence-corrected chi connectivity index (χ3v) is 16.6. The van der Waals surface area contributed by atoms with Crippen LogP contribution in [0.15, 0.2) is 188 Å². The van der Waals surface area contributed by atoms with Gasteiger partial charge in [0, 0.05) is 53.4 Å². The van der Waals surface area contributed by atoms with Crippen molar-refractivity contribution in [2.45, 2.75) is 57.8 Å². The highest BCUT2D eigenvalue weighted by Crippen LogP contribution is 2.60. The smallest absolute Gasteiger partial charge is 0.0543 e. The van der Waals surface area contributed by atoms with Crippen LogP contribution in [0.5, 0.6) is 0 Å². The number of fused-ring (bicyclic) bond motifs is 12. The second-order valence-electron chi connectivity index (χ2n) is 20.1. The molecule has 13 rings (SSSR count). The van der Waals surface area contributed by atoms with Crippen LogP contribution in [0.4, 0.5) is 17.1 Å². The van der Waals surface area contributed by atoms with E-state index in [-0.39, 0.29) is 16.2 Å². The number of hydrogen-bond acceptors (Lipinski definition) is 2. The Labute approximate surface area is 386 Å². The molecule has 0 saturated carbocycles. The fraction of sp³-hybridized carbons (Fsp3) is 0.143. The highest BCUT2D eigenvalue weighted by atomic mass is 32.1. The molecule has 0 atom stereocenters. The van der Waals surface area contributed by atoms with Crippen LogP contribution in [0.3, 0.4) is 0 Å². The van der Waals surface area contributed by atoms with Gasteiger partial charge in [-0.25, -0.2) is 0 Å². The van der Waals surface area contributed by atoms with Crippen LogP contribution < -0.4 is 4.90 Å². The molecule has 0 unspecified atom stereocenters. The van der Waals surface area contributed by atoms with Crippen LogP contribution in [-0.4, -0.2) is 0 Å². The van der Waals surface area contributed by atoms with Crippen LogP contribution >= 0.6 is 11.3 Å². The summed E-state index contributed by atoms with van der Waals surface area (Å²) in [5.74, 6) is 0. The molecule has 2 heteroatoms. The summed E-state index contributed by atoms with van der Waals surface area (Å²) in [7, 11) is 0. The number of thiophene rings is 1. The van der Waals surface area contributed by atoms with Crippen molar-refractivity contribution in [3.05, 3.63) is 221 Å². The first-order chi connectivity index (χ1) is 31.5. The fourth-order valence-corrected chi connectivity index (χ4v) is 13.1. The summed E-state index contributed by atoms with van der Waals surface area (Å²) in [6.07, 6.45) is 0. The van der Waals surface area contributed by atoms with E-state index < -0.39 is 0 Å².